The number of sulfone groups is 1. The maximum atomic E-state index is 14.6. The number of amides is 4. The maximum absolute atomic E-state index is 14.6. The Balaban J connectivity index is 1.41. The second-order valence-corrected chi connectivity index (χ2v) is 18.7. The predicted octanol–water partition coefficient (Wildman–Crippen LogP) is 2.01. The van der Waals surface area contributed by atoms with E-state index in [0.29, 0.717) is 5.56 Å². The quantitative estimate of drug-likeness (QED) is 0.0919. The first-order valence-corrected chi connectivity index (χ1v) is 19.2. The third kappa shape index (κ3) is 6.07. The number of carboxylic acid groups (broad SMARTS) is 1. The Labute approximate surface area is 313 Å². The van der Waals surface area contributed by atoms with Gasteiger partial charge in [0.1, 0.15) is 35.5 Å². The number of carbonyl (C=O) groups is 6. The lowest BCUT2D eigenvalue weighted by atomic mass is 9.79. The number of nitrogens with one attached hydrogen (secondary N) is 2. The lowest BCUT2D eigenvalue weighted by Crippen LogP contribution is -2.85. The molecule has 18 nitrogen and oxygen atoms in total. The van der Waals surface area contributed by atoms with Crippen LogP contribution in [0.1, 0.15) is 51.3 Å². The topological polar surface area (TPSA) is 255 Å². The predicted molar refractivity (Wildman–Crippen MR) is 189 cm³/mol. The van der Waals surface area contributed by atoms with Crippen molar-refractivity contribution in [3.63, 3.8) is 0 Å². The molecule has 2 aromatic carbocycles. The summed E-state index contributed by atoms with van der Waals surface area (Å²) in [4.78, 5) is 86.0. The number of ether oxygens (including phenoxy) is 2. The molecule has 20 heteroatoms. The number of carboxylic acids is 1. The molecule has 3 N–H and O–H groups in total. The number of nitrogens with zero attached hydrogens (tertiary/aromatic N) is 5. The summed E-state index contributed by atoms with van der Waals surface area (Å²) in [6.07, 6.45) is -3.23. The van der Waals surface area contributed by atoms with E-state index in [1.165, 1.54) is 26.0 Å². The van der Waals surface area contributed by atoms with Crippen molar-refractivity contribution in [1.82, 2.24) is 20.4 Å². The van der Waals surface area contributed by atoms with Crippen LogP contribution in [0.15, 0.2) is 65.8 Å². The minimum Gasteiger partial charge on any atom is -0.480 e. The highest BCUT2D eigenvalue weighted by Crippen LogP contribution is 2.57. The molecule has 4 aliphatic rings. The summed E-state index contributed by atoms with van der Waals surface area (Å²) in [6, 6.07) is 11.8. The number of benzene rings is 2. The van der Waals surface area contributed by atoms with Gasteiger partial charge in [0.25, 0.3) is 5.91 Å². The van der Waals surface area contributed by atoms with E-state index < -0.39 is 102 Å². The lowest BCUT2D eigenvalue weighted by molar-refractivity contribution is -0.187. The molecule has 2 aromatic rings. The molecule has 0 aromatic heterocycles. The normalized spacial score (nSPS) is 27.8. The number of esters is 1. The van der Waals surface area contributed by atoms with Gasteiger partial charge in [0, 0.05) is 9.66 Å². The molecule has 4 amide bonds. The molecule has 4 aliphatic heterocycles. The first-order valence-electron chi connectivity index (χ1n) is 16.7. The van der Waals surface area contributed by atoms with Crippen molar-refractivity contribution < 1.29 is 51.8 Å². The van der Waals surface area contributed by atoms with Crippen LogP contribution >= 0.6 is 11.8 Å². The second-order valence-electron chi connectivity index (χ2n) is 14.3. The van der Waals surface area contributed by atoms with Crippen LogP contribution in [0, 0.1) is 0 Å². The van der Waals surface area contributed by atoms with Crippen LogP contribution in [0.5, 0.6) is 0 Å². The van der Waals surface area contributed by atoms with Gasteiger partial charge < -0.3 is 35.0 Å². The summed E-state index contributed by atoms with van der Waals surface area (Å²) >= 11 is 0.980. The van der Waals surface area contributed by atoms with Crippen molar-refractivity contribution in [3.8, 4) is 0 Å². The Hall–Kier alpha value is -5.33. The molecule has 286 valence electrons. The largest absolute Gasteiger partial charge is 0.480 e. The third-order valence-electron chi connectivity index (χ3n) is 10.3. The van der Waals surface area contributed by atoms with Crippen LogP contribution in [0.2, 0.25) is 0 Å². The molecule has 0 aliphatic carbocycles. The molecular formula is C34H37N7O11S2. The molecule has 54 heavy (non-hydrogen) atoms. The first-order chi connectivity index (χ1) is 25.4. The summed E-state index contributed by atoms with van der Waals surface area (Å²) in [5.41, 5.74) is 7.93. The molecule has 4 saturated heterocycles. The van der Waals surface area contributed by atoms with Crippen LogP contribution in [-0.4, -0.2) is 110 Å². The number of aliphatic carboxylic acids is 1. The van der Waals surface area contributed by atoms with Crippen molar-refractivity contribution in [2.75, 3.05) is 6.54 Å². The standard InChI is InChI=1S/C34H37N7O11S2/c1-32(2)24(27(44)45)41-29(47)34(30(41)53-32,37-26(43)23(38-39-35)19-13-9-6-10-14-19)20(16-36-31(48)51-17-18-11-7-5-8-12-18)52-28(46)25-33(3,4)54(49,50)22-15-21(42)40(22)25/h5-14,20,22-25,30H,15-17H2,1-4H3,(H,36,48)(H,37,43)(H,44,45)/t20?,22-,23?,24+,25+,30-,34?/m1/s1. The zero-order valence-corrected chi connectivity index (χ0v) is 31.1. The molecule has 4 heterocycles. The van der Waals surface area contributed by atoms with Crippen LogP contribution in [0.25, 0.3) is 10.4 Å². The fourth-order valence-electron chi connectivity index (χ4n) is 7.47. The van der Waals surface area contributed by atoms with Gasteiger partial charge in [-0.05, 0) is 44.4 Å². The Kier molecular flexibility index (Phi) is 9.83. The average molecular weight is 784 g/mol. The van der Waals surface area contributed by atoms with E-state index in [1.54, 1.807) is 62.4 Å². The van der Waals surface area contributed by atoms with Crippen LogP contribution < -0.4 is 10.6 Å². The highest BCUT2D eigenvalue weighted by molar-refractivity contribution is 8.01. The maximum Gasteiger partial charge on any atom is 0.407 e. The molecule has 0 spiro atoms. The van der Waals surface area contributed by atoms with Gasteiger partial charge in [-0.1, -0.05) is 65.8 Å². The number of hydrogen-bond acceptors (Lipinski definition) is 12. The number of carbonyl (C=O) groups excluding carboxylic acids is 5. The van der Waals surface area contributed by atoms with Crippen LogP contribution in [0.3, 0.4) is 0 Å². The Morgan fingerprint density at radius 2 is 1.65 bits per heavy atom. The van der Waals surface area contributed by atoms with Gasteiger partial charge in [-0.25, -0.2) is 22.8 Å². The number of alkyl carbamates (subject to hydrolysis) is 1. The van der Waals surface area contributed by atoms with Crippen molar-refractivity contribution in [2.24, 2.45) is 5.11 Å². The molecule has 0 bridgehead atoms. The van der Waals surface area contributed by atoms with E-state index in [-0.39, 0.29) is 18.6 Å². The van der Waals surface area contributed by atoms with E-state index in [1.807, 2.05) is 0 Å². The monoisotopic (exact) mass is 783 g/mol. The smallest absolute Gasteiger partial charge is 0.407 e. The van der Waals surface area contributed by atoms with Gasteiger partial charge in [0.15, 0.2) is 21.5 Å². The van der Waals surface area contributed by atoms with Crippen molar-refractivity contribution in [2.45, 2.75) is 90.7 Å². The summed E-state index contributed by atoms with van der Waals surface area (Å²) in [6.45, 7) is 4.78. The number of β-lactam (4-membered cyclic amide) rings is 2. The minimum atomic E-state index is -4.09. The van der Waals surface area contributed by atoms with Gasteiger partial charge in [-0.15, -0.1) is 11.8 Å². The third-order valence-corrected chi connectivity index (χ3v) is 14.7. The van der Waals surface area contributed by atoms with E-state index in [4.69, 9.17) is 9.47 Å². The van der Waals surface area contributed by atoms with Gasteiger partial charge >= 0.3 is 18.0 Å². The van der Waals surface area contributed by atoms with E-state index in [2.05, 4.69) is 20.7 Å². The zero-order chi connectivity index (χ0) is 39.4. The highest BCUT2D eigenvalue weighted by Gasteiger charge is 2.76. The average Bonchev–Trinajstić information content (AvgIpc) is 3.46. The van der Waals surface area contributed by atoms with Crippen LogP contribution in [-0.2, 0) is 49.9 Å². The van der Waals surface area contributed by atoms with Crippen LogP contribution in [0.4, 0.5) is 4.79 Å². The first kappa shape index (κ1) is 38.4. The van der Waals surface area contributed by atoms with Crippen molar-refractivity contribution in [3.05, 3.63) is 82.2 Å². The van der Waals surface area contributed by atoms with E-state index in [0.717, 1.165) is 21.6 Å². The van der Waals surface area contributed by atoms with E-state index in [9.17, 15) is 47.8 Å². The summed E-state index contributed by atoms with van der Waals surface area (Å²) in [7, 11) is -4.09. The number of thioether (sulfide) groups is 1. The molecule has 0 radical (unpaired) electrons. The van der Waals surface area contributed by atoms with Gasteiger partial charge in [0.05, 0.1) is 17.7 Å². The molecule has 0 saturated carbocycles. The van der Waals surface area contributed by atoms with E-state index >= 15 is 0 Å². The molecule has 3 unspecified atom stereocenters. The molecule has 7 atom stereocenters. The second kappa shape index (κ2) is 13.8. The zero-order valence-electron chi connectivity index (χ0n) is 29.4. The molecule has 6 rings (SSSR count). The summed E-state index contributed by atoms with van der Waals surface area (Å²) < 4.78 is 35.1. The Bertz CT molecular complexity index is 2060. The van der Waals surface area contributed by atoms with Gasteiger partial charge in [-0.2, -0.15) is 0 Å². The summed E-state index contributed by atoms with van der Waals surface area (Å²) in [5.74, 6) is -5.26. The number of hydrogen-bond donors (Lipinski definition) is 3. The Morgan fingerprint density at radius 1 is 1.02 bits per heavy atom. The Morgan fingerprint density at radius 3 is 2.24 bits per heavy atom. The lowest BCUT2D eigenvalue weighted by Gasteiger charge is -2.56. The van der Waals surface area contributed by atoms with Gasteiger partial charge in [0.2, 0.25) is 11.8 Å². The number of rotatable bonds is 12. The highest BCUT2D eigenvalue weighted by atomic mass is 32.2. The van der Waals surface area contributed by atoms with Crippen molar-refractivity contribution >= 4 is 57.4 Å². The fraction of sp³-hybridized carbons (Fsp3) is 0.471. The van der Waals surface area contributed by atoms with Gasteiger partial charge in [-0.3, -0.25) is 14.4 Å². The number of fused-ring (bicyclic) bond motifs is 2. The minimum absolute atomic E-state index is 0.170. The molecule has 4 fully saturated rings. The molecular weight excluding hydrogens is 747 g/mol. The van der Waals surface area contributed by atoms with Crippen molar-refractivity contribution in [1.29, 1.82) is 0 Å². The fourth-order valence-corrected chi connectivity index (χ4v) is 11.3. The summed E-state index contributed by atoms with van der Waals surface area (Å²) in [5, 5.41) is 16.4. The number of azide groups is 1. The SMILES string of the molecule is CC1(C)S[C@H]2N(C(=O)C2(NC(=O)C(N=[N+]=[N-])c2ccccc2)C(CNC(=O)OCc2ccccc2)OC(=O)[C@@H]2N3C(=O)C[C@H]3S(=O)(=O)C2(C)C)[C@H]1C(=O)O.